The standard InChI is InChI=1S/C21H26N2O2/c1-25-20-13-16-8-6-5-7-15(16)11-17(20)12-18(14-22)21(24)23-19-9-3-2-4-10-19/h11-13,19H,2-10H2,1H3,(H,23,24). The van der Waals surface area contributed by atoms with Crippen LogP contribution in [-0.2, 0) is 17.6 Å². The van der Waals surface area contributed by atoms with Crippen molar-refractivity contribution in [2.75, 3.05) is 7.11 Å². The highest BCUT2D eigenvalue weighted by molar-refractivity contribution is 6.02. The van der Waals surface area contributed by atoms with Gasteiger partial charge in [0, 0.05) is 11.6 Å². The van der Waals surface area contributed by atoms with Crippen LogP contribution in [0.25, 0.3) is 6.08 Å². The van der Waals surface area contributed by atoms with Gasteiger partial charge in [0.25, 0.3) is 5.91 Å². The number of fused-ring (bicyclic) bond motifs is 1. The Morgan fingerprint density at radius 2 is 1.84 bits per heavy atom. The van der Waals surface area contributed by atoms with Crippen LogP contribution < -0.4 is 10.1 Å². The number of hydrogen-bond acceptors (Lipinski definition) is 3. The van der Waals surface area contributed by atoms with Gasteiger partial charge in [-0.3, -0.25) is 4.79 Å². The molecule has 1 N–H and O–H groups in total. The fourth-order valence-corrected chi connectivity index (χ4v) is 3.89. The van der Waals surface area contributed by atoms with E-state index in [1.54, 1.807) is 13.2 Å². The van der Waals surface area contributed by atoms with E-state index in [4.69, 9.17) is 4.74 Å². The first kappa shape index (κ1) is 17.5. The van der Waals surface area contributed by atoms with Crippen molar-refractivity contribution in [2.45, 2.75) is 63.8 Å². The molecule has 0 aromatic heterocycles. The largest absolute Gasteiger partial charge is 0.496 e. The summed E-state index contributed by atoms with van der Waals surface area (Å²) >= 11 is 0. The Morgan fingerprint density at radius 1 is 1.16 bits per heavy atom. The summed E-state index contributed by atoms with van der Waals surface area (Å²) in [5.41, 5.74) is 3.60. The topological polar surface area (TPSA) is 62.1 Å². The zero-order valence-electron chi connectivity index (χ0n) is 14.9. The van der Waals surface area contributed by atoms with Gasteiger partial charge in [-0.25, -0.2) is 0 Å². The highest BCUT2D eigenvalue weighted by atomic mass is 16.5. The number of amides is 1. The molecule has 4 heteroatoms. The number of hydrogen-bond donors (Lipinski definition) is 1. The second-order valence-electron chi connectivity index (χ2n) is 7.05. The number of carbonyl (C=O) groups is 1. The van der Waals surface area contributed by atoms with Crippen LogP contribution in [0.5, 0.6) is 5.75 Å². The second kappa shape index (κ2) is 8.20. The lowest BCUT2D eigenvalue weighted by molar-refractivity contribution is -0.117. The lowest BCUT2D eigenvalue weighted by Crippen LogP contribution is -2.36. The summed E-state index contributed by atoms with van der Waals surface area (Å²) in [7, 11) is 1.63. The van der Waals surface area contributed by atoms with E-state index in [1.807, 2.05) is 0 Å². The number of nitrogens with zero attached hydrogens (tertiary/aromatic N) is 1. The molecule has 0 aliphatic heterocycles. The van der Waals surface area contributed by atoms with Crippen molar-refractivity contribution in [1.82, 2.24) is 5.32 Å². The monoisotopic (exact) mass is 338 g/mol. The SMILES string of the molecule is COc1cc2c(cc1C=C(C#N)C(=O)NC1CCCCC1)CCCC2. The molecule has 0 radical (unpaired) electrons. The van der Waals surface area contributed by atoms with Crippen molar-refractivity contribution in [3.63, 3.8) is 0 Å². The van der Waals surface area contributed by atoms with Crippen molar-refractivity contribution in [3.8, 4) is 11.8 Å². The molecule has 2 aliphatic rings. The third kappa shape index (κ3) is 4.22. The number of carbonyl (C=O) groups excluding carboxylic acids is 1. The van der Waals surface area contributed by atoms with Crippen LogP contribution in [0.15, 0.2) is 17.7 Å². The molecule has 0 heterocycles. The number of methoxy groups -OCH3 is 1. The number of nitriles is 1. The molecule has 0 spiro atoms. The van der Waals surface area contributed by atoms with Gasteiger partial charge in [-0.1, -0.05) is 19.3 Å². The lowest BCUT2D eigenvalue weighted by atomic mass is 9.89. The summed E-state index contributed by atoms with van der Waals surface area (Å²) in [4.78, 5) is 12.5. The summed E-state index contributed by atoms with van der Waals surface area (Å²) in [6, 6.07) is 6.41. The molecule has 1 aromatic rings. The maximum Gasteiger partial charge on any atom is 0.262 e. The van der Waals surface area contributed by atoms with Crippen LogP contribution in [-0.4, -0.2) is 19.1 Å². The fraction of sp³-hybridized carbons (Fsp3) is 0.524. The number of ether oxygens (including phenoxy) is 1. The number of benzene rings is 1. The molecular formula is C21H26N2O2. The van der Waals surface area contributed by atoms with Crippen molar-refractivity contribution in [2.24, 2.45) is 0 Å². The molecule has 4 nitrogen and oxygen atoms in total. The van der Waals surface area contributed by atoms with E-state index in [1.165, 1.54) is 30.4 Å². The fourth-order valence-electron chi connectivity index (χ4n) is 3.89. The van der Waals surface area contributed by atoms with Crippen LogP contribution in [0.3, 0.4) is 0 Å². The van der Waals surface area contributed by atoms with E-state index in [2.05, 4.69) is 23.5 Å². The normalized spacial score (nSPS) is 18.2. The van der Waals surface area contributed by atoms with Crippen LogP contribution in [0.4, 0.5) is 0 Å². The molecule has 3 rings (SSSR count). The van der Waals surface area contributed by atoms with Gasteiger partial charge in [0.1, 0.15) is 17.4 Å². The maximum atomic E-state index is 12.5. The van der Waals surface area contributed by atoms with Gasteiger partial charge in [0.15, 0.2) is 0 Å². The summed E-state index contributed by atoms with van der Waals surface area (Å²) < 4.78 is 5.50. The average Bonchev–Trinajstić information content (AvgIpc) is 2.66. The predicted molar refractivity (Wildman–Crippen MR) is 98.2 cm³/mol. The molecule has 1 saturated carbocycles. The molecule has 0 bridgehead atoms. The van der Waals surface area contributed by atoms with Crippen molar-refractivity contribution in [1.29, 1.82) is 5.26 Å². The Kier molecular flexibility index (Phi) is 5.75. The van der Waals surface area contributed by atoms with E-state index in [0.717, 1.165) is 49.8 Å². The van der Waals surface area contributed by atoms with Crippen LogP contribution in [0.1, 0.15) is 61.6 Å². The van der Waals surface area contributed by atoms with Gasteiger partial charge in [-0.2, -0.15) is 5.26 Å². The highest BCUT2D eigenvalue weighted by Crippen LogP contribution is 2.30. The van der Waals surface area contributed by atoms with E-state index in [9.17, 15) is 10.1 Å². The maximum absolute atomic E-state index is 12.5. The van der Waals surface area contributed by atoms with E-state index in [0.29, 0.717) is 0 Å². The first-order valence-electron chi connectivity index (χ1n) is 9.33. The predicted octanol–water partition coefficient (Wildman–Crippen LogP) is 3.93. The lowest BCUT2D eigenvalue weighted by Gasteiger charge is -2.22. The number of rotatable bonds is 4. The summed E-state index contributed by atoms with van der Waals surface area (Å²) in [5.74, 6) is 0.466. The molecule has 0 unspecified atom stereocenters. The van der Waals surface area contributed by atoms with E-state index >= 15 is 0 Å². The molecule has 0 atom stereocenters. The van der Waals surface area contributed by atoms with Crippen LogP contribution in [0.2, 0.25) is 0 Å². The van der Waals surface area contributed by atoms with Crippen molar-refractivity contribution < 1.29 is 9.53 Å². The molecule has 1 aromatic carbocycles. The number of aryl methyl sites for hydroxylation is 2. The molecule has 25 heavy (non-hydrogen) atoms. The smallest absolute Gasteiger partial charge is 0.262 e. The molecule has 132 valence electrons. The Hall–Kier alpha value is -2.28. The molecule has 1 fully saturated rings. The second-order valence-corrected chi connectivity index (χ2v) is 7.05. The van der Waals surface area contributed by atoms with Gasteiger partial charge in [-0.15, -0.1) is 0 Å². The first-order valence-corrected chi connectivity index (χ1v) is 9.33. The summed E-state index contributed by atoms with van der Waals surface area (Å²) in [6.07, 6.45) is 11.7. The van der Waals surface area contributed by atoms with Crippen molar-refractivity contribution >= 4 is 12.0 Å². The minimum atomic E-state index is -0.269. The molecule has 0 saturated heterocycles. The third-order valence-electron chi connectivity index (χ3n) is 5.30. The van der Waals surface area contributed by atoms with Gasteiger partial charge < -0.3 is 10.1 Å². The molecular weight excluding hydrogens is 312 g/mol. The highest BCUT2D eigenvalue weighted by Gasteiger charge is 2.19. The van der Waals surface area contributed by atoms with Gasteiger partial charge >= 0.3 is 0 Å². The Balaban J connectivity index is 1.83. The van der Waals surface area contributed by atoms with Gasteiger partial charge in [-0.05, 0) is 67.9 Å². The zero-order chi connectivity index (χ0) is 17.6. The van der Waals surface area contributed by atoms with E-state index < -0.39 is 0 Å². The molecule has 1 amide bonds. The van der Waals surface area contributed by atoms with Crippen LogP contribution >= 0.6 is 0 Å². The third-order valence-corrected chi connectivity index (χ3v) is 5.30. The minimum absolute atomic E-state index is 0.152. The van der Waals surface area contributed by atoms with Gasteiger partial charge in [0.05, 0.1) is 7.11 Å². The van der Waals surface area contributed by atoms with E-state index in [-0.39, 0.29) is 17.5 Å². The average molecular weight is 338 g/mol. The Labute approximate surface area is 149 Å². The van der Waals surface area contributed by atoms with Gasteiger partial charge in [0.2, 0.25) is 0 Å². The summed E-state index contributed by atoms with van der Waals surface area (Å²) in [5, 5.41) is 12.5. The quantitative estimate of drug-likeness (QED) is 0.668. The first-order chi connectivity index (χ1) is 12.2. The van der Waals surface area contributed by atoms with Crippen LogP contribution in [0, 0.1) is 11.3 Å². The summed E-state index contributed by atoms with van der Waals surface area (Å²) in [6.45, 7) is 0. The van der Waals surface area contributed by atoms with Crippen molar-refractivity contribution in [3.05, 3.63) is 34.4 Å². The number of nitrogens with one attached hydrogen (secondary N) is 1. The Morgan fingerprint density at radius 3 is 2.48 bits per heavy atom. The Bertz CT molecular complexity index is 709. The minimum Gasteiger partial charge on any atom is -0.496 e. The zero-order valence-corrected chi connectivity index (χ0v) is 14.9. The molecule has 2 aliphatic carbocycles.